The van der Waals surface area contributed by atoms with Crippen LogP contribution >= 0.6 is 0 Å². The van der Waals surface area contributed by atoms with Gasteiger partial charge in [0.25, 0.3) is 0 Å². The average Bonchev–Trinajstić information content (AvgIpc) is 3.38. The third-order valence-electron chi connectivity index (χ3n) is 8.72. The molecule has 4 unspecified atom stereocenters. The van der Waals surface area contributed by atoms with E-state index in [4.69, 9.17) is 0 Å². The molecule has 0 bridgehead atoms. The number of likely N-dealkylation sites (N-methyl/N-ethyl adjacent to an activating group) is 1. The van der Waals surface area contributed by atoms with Crippen LogP contribution in [0.2, 0.25) is 0 Å². The summed E-state index contributed by atoms with van der Waals surface area (Å²) >= 11 is 0. The van der Waals surface area contributed by atoms with E-state index >= 15 is 0 Å². The van der Waals surface area contributed by atoms with E-state index in [0.717, 1.165) is 50.6 Å². The van der Waals surface area contributed by atoms with Crippen LogP contribution in [0.1, 0.15) is 71.3 Å². The number of amides is 3. The molecule has 2 saturated heterocycles. The Morgan fingerprint density at radius 3 is 2.35 bits per heavy atom. The van der Waals surface area contributed by atoms with Crippen molar-refractivity contribution in [1.82, 2.24) is 25.8 Å². The first kappa shape index (κ1) is 27.6. The number of rotatable bonds is 8. The summed E-state index contributed by atoms with van der Waals surface area (Å²) in [5.74, 6) is -0.310. The van der Waals surface area contributed by atoms with Gasteiger partial charge in [0, 0.05) is 19.1 Å². The highest BCUT2D eigenvalue weighted by Gasteiger charge is 2.46. The van der Waals surface area contributed by atoms with Gasteiger partial charge in [0.05, 0.1) is 11.6 Å². The largest absolute Gasteiger partial charge is 0.345 e. The highest BCUT2D eigenvalue weighted by Crippen LogP contribution is 2.31. The van der Waals surface area contributed by atoms with Crippen molar-refractivity contribution in [1.29, 1.82) is 0 Å². The maximum Gasteiger partial charge on any atom is 0.246 e. The fourth-order valence-electron chi connectivity index (χ4n) is 6.24. The molecule has 3 N–H and O–H groups in total. The smallest absolute Gasteiger partial charge is 0.246 e. The van der Waals surface area contributed by atoms with Gasteiger partial charge in [0.15, 0.2) is 0 Å². The van der Waals surface area contributed by atoms with E-state index in [1.807, 2.05) is 44.2 Å². The van der Waals surface area contributed by atoms with Gasteiger partial charge in [-0.25, -0.2) is 0 Å². The minimum Gasteiger partial charge on any atom is -0.345 e. The molecule has 0 aromatic heterocycles. The van der Waals surface area contributed by atoms with E-state index in [-0.39, 0.29) is 29.7 Å². The number of fused-ring (bicyclic) bond motifs is 1. The number of hydrogen-bond acceptors (Lipinski definition) is 5. The fourth-order valence-corrected chi connectivity index (χ4v) is 6.24. The van der Waals surface area contributed by atoms with Crippen LogP contribution in [-0.4, -0.2) is 78.4 Å². The van der Waals surface area contributed by atoms with Gasteiger partial charge in [0.1, 0.15) is 12.1 Å². The maximum absolute atomic E-state index is 14.3. The predicted octanol–water partition coefficient (Wildman–Crippen LogP) is 2.39. The first-order valence-corrected chi connectivity index (χ1v) is 14.1. The van der Waals surface area contributed by atoms with Crippen LogP contribution in [0.4, 0.5) is 0 Å². The van der Waals surface area contributed by atoms with Gasteiger partial charge in [-0.2, -0.15) is 0 Å². The molecule has 0 spiro atoms. The molecule has 3 aliphatic rings. The lowest BCUT2D eigenvalue weighted by Gasteiger charge is -2.46. The normalized spacial score (nSPS) is 24.7. The zero-order valence-corrected chi connectivity index (χ0v) is 23.0. The predicted molar refractivity (Wildman–Crippen MR) is 145 cm³/mol. The Bertz CT molecular complexity index is 946. The van der Waals surface area contributed by atoms with E-state index < -0.39 is 23.7 Å². The summed E-state index contributed by atoms with van der Waals surface area (Å²) in [6.07, 6.45) is 7.26. The van der Waals surface area contributed by atoms with Crippen LogP contribution in [-0.2, 0) is 19.9 Å². The number of carbonyl (C=O) groups excluding carboxylic acids is 3. The highest BCUT2D eigenvalue weighted by molar-refractivity contribution is 5.93. The molecule has 2 heterocycles. The summed E-state index contributed by atoms with van der Waals surface area (Å²) in [6.45, 7) is 7.82. The number of benzene rings is 1. The Hall–Kier alpha value is -2.45. The van der Waals surface area contributed by atoms with Crippen molar-refractivity contribution < 1.29 is 14.4 Å². The molecule has 1 aromatic carbocycles. The Labute approximate surface area is 221 Å². The van der Waals surface area contributed by atoms with E-state index in [2.05, 4.69) is 20.9 Å². The van der Waals surface area contributed by atoms with E-state index in [0.29, 0.717) is 13.1 Å². The Morgan fingerprint density at radius 2 is 1.68 bits per heavy atom. The average molecular weight is 512 g/mol. The lowest BCUT2D eigenvalue weighted by molar-refractivity contribution is -0.150. The van der Waals surface area contributed by atoms with Crippen LogP contribution in [0.25, 0.3) is 0 Å². The molecule has 4 rings (SSSR count). The topological polar surface area (TPSA) is 93.8 Å². The standard InChI is InChI=1S/C29H45N5O3/c1-20(30-4)26(35)31-25(21-12-7-5-8-13-21)28(37)34-18-23-16-11-17-33(23)19-24(34)27(36)32-29(2,3)22-14-9-6-10-15-22/h6,9-10,14-15,20-21,23-25,30H,5,7-8,11-13,16-19H2,1-4H3,(H,31,35)(H,32,36). The molecule has 204 valence electrons. The van der Waals surface area contributed by atoms with Gasteiger partial charge in [-0.1, -0.05) is 49.6 Å². The lowest BCUT2D eigenvalue weighted by Crippen LogP contribution is -2.67. The SMILES string of the molecule is CNC(C)C(=O)NC(C(=O)N1CC2CCCN2CC1C(=O)NC(C)(C)c1ccccc1)C1CCCCC1. The number of nitrogens with zero attached hydrogens (tertiary/aromatic N) is 2. The Balaban J connectivity index is 1.59. The summed E-state index contributed by atoms with van der Waals surface area (Å²) in [4.78, 5) is 45.2. The minimum atomic E-state index is -0.603. The highest BCUT2D eigenvalue weighted by atomic mass is 16.2. The zero-order chi connectivity index (χ0) is 26.6. The van der Waals surface area contributed by atoms with Crippen molar-refractivity contribution in [2.24, 2.45) is 5.92 Å². The first-order valence-electron chi connectivity index (χ1n) is 14.1. The minimum absolute atomic E-state index is 0.0975. The molecule has 8 nitrogen and oxygen atoms in total. The van der Waals surface area contributed by atoms with Crippen molar-refractivity contribution in [2.75, 3.05) is 26.7 Å². The molecule has 1 aromatic rings. The zero-order valence-electron chi connectivity index (χ0n) is 23.0. The van der Waals surface area contributed by atoms with Crippen LogP contribution in [0.5, 0.6) is 0 Å². The second-order valence-corrected chi connectivity index (χ2v) is 11.7. The van der Waals surface area contributed by atoms with Gasteiger partial charge >= 0.3 is 0 Å². The molecule has 8 heteroatoms. The summed E-state index contributed by atoms with van der Waals surface area (Å²) in [6, 6.07) is 8.62. The van der Waals surface area contributed by atoms with Crippen LogP contribution in [0.15, 0.2) is 30.3 Å². The van der Waals surface area contributed by atoms with Crippen LogP contribution in [0, 0.1) is 5.92 Å². The van der Waals surface area contributed by atoms with Gasteiger partial charge in [-0.05, 0) is 71.5 Å². The molecular formula is C29H45N5O3. The molecule has 4 atom stereocenters. The van der Waals surface area contributed by atoms with Crippen molar-refractivity contribution in [3.05, 3.63) is 35.9 Å². The molecule has 3 fully saturated rings. The van der Waals surface area contributed by atoms with Crippen molar-refractivity contribution in [3.8, 4) is 0 Å². The number of hydrogen-bond donors (Lipinski definition) is 3. The maximum atomic E-state index is 14.3. The van der Waals surface area contributed by atoms with Crippen molar-refractivity contribution in [3.63, 3.8) is 0 Å². The van der Waals surface area contributed by atoms with Crippen LogP contribution in [0.3, 0.4) is 0 Å². The summed E-state index contributed by atoms with van der Waals surface area (Å²) in [5.41, 5.74) is 0.443. The Kier molecular flexibility index (Phi) is 8.90. The van der Waals surface area contributed by atoms with Crippen molar-refractivity contribution in [2.45, 2.75) is 95.4 Å². The molecule has 1 saturated carbocycles. The third-order valence-corrected chi connectivity index (χ3v) is 8.72. The Morgan fingerprint density at radius 1 is 0.973 bits per heavy atom. The van der Waals surface area contributed by atoms with Gasteiger partial charge < -0.3 is 20.9 Å². The second kappa shape index (κ2) is 11.9. The van der Waals surface area contributed by atoms with Gasteiger partial charge in [-0.3, -0.25) is 19.3 Å². The molecule has 3 amide bonds. The fraction of sp³-hybridized carbons (Fsp3) is 0.690. The molecule has 2 aliphatic heterocycles. The molecule has 0 radical (unpaired) electrons. The molecular weight excluding hydrogens is 466 g/mol. The number of nitrogens with one attached hydrogen (secondary N) is 3. The van der Waals surface area contributed by atoms with E-state index in [1.165, 1.54) is 6.42 Å². The number of carbonyl (C=O) groups is 3. The summed E-state index contributed by atoms with van der Waals surface area (Å²) in [5, 5.41) is 9.31. The molecule has 1 aliphatic carbocycles. The van der Waals surface area contributed by atoms with Crippen LogP contribution < -0.4 is 16.0 Å². The van der Waals surface area contributed by atoms with Gasteiger partial charge in [0.2, 0.25) is 17.7 Å². The second-order valence-electron chi connectivity index (χ2n) is 11.7. The first-order chi connectivity index (χ1) is 17.7. The van der Waals surface area contributed by atoms with Crippen molar-refractivity contribution >= 4 is 17.7 Å². The third kappa shape index (κ3) is 6.34. The van der Waals surface area contributed by atoms with E-state index in [1.54, 1.807) is 18.9 Å². The van der Waals surface area contributed by atoms with Gasteiger partial charge in [-0.15, -0.1) is 0 Å². The lowest BCUT2D eigenvalue weighted by atomic mass is 9.82. The van der Waals surface area contributed by atoms with E-state index in [9.17, 15) is 14.4 Å². The molecule has 37 heavy (non-hydrogen) atoms. The monoisotopic (exact) mass is 511 g/mol. The quantitative estimate of drug-likeness (QED) is 0.498. The summed E-state index contributed by atoms with van der Waals surface area (Å²) in [7, 11) is 1.75. The number of piperazine rings is 1. The summed E-state index contributed by atoms with van der Waals surface area (Å²) < 4.78 is 0.